The molecular weight excluding hydrogens is 294 g/mol. The number of thiophene rings is 1. The molecule has 0 saturated carbocycles. The van der Waals surface area contributed by atoms with Crippen LogP contribution in [0.4, 0.5) is 0 Å². The number of carbonyl (C=O) groups excluding carboxylic acids is 1. The van der Waals surface area contributed by atoms with Crippen molar-refractivity contribution in [3.8, 4) is 5.69 Å². The Morgan fingerprint density at radius 2 is 1.95 bits per heavy atom. The van der Waals surface area contributed by atoms with Crippen LogP contribution < -0.4 is 5.43 Å². The van der Waals surface area contributed by atoms with E-state index in [1.807, 2.05) is 71.7 Å². The molecule has 0 spiro atoms. The Morgan fingerprint density at radius 3 is 2.73 bits per heavy atom. The van der Waals surface area contributed by atoms with Crippen LogP contribution in [0.3, 0.4) is 0 Å². The van der Waals surface area contributed by atoms with E-state index in [9.17, 15) is 4.79 Å². The van der Waals surface area contributed by atoms with Gasteiger partial charge in [-0.25, -0.2) is 5.43 Å². The molecule has 3 rings (SSSR count). The Morgan fingerprint density at radius 1 is 1.18 bits per heavy atom. The molecule has 0 fully saturated rings. The molecule has 0 aliphatic carbocycles. The average molecular weight is 309 g/mol. The third kappa shape index (κ3) is 2.99. The maximum Gasteiger partial charge on any atom is 0.283 e. The van der Waals surface area contributed by atoms with Crippen LogP contribution in [0, 0.1) is 6.92 Å². The summed E-state index contributed by atoms with van der Waals surface area (Å²) in [6.07, 6.45) is 5.49. The molecule has 1 N–H and O–H groups in total. The van der Waals surface area contributed by atoms with Gasteiger partial charge in [-0.1, -0.05) is 24.3 Å². The minimum absolute atomic E-state index is 0.205. The van der Waals surface area contributed by atoms with Crippen molar-refractivity contribution in [2.45, 2.75) is 6.92 Å². The number of aryl methyl sites for hydroxylation is 1. The predicted molar refractivity (Wildman–Crippen MR) is 89.9 cm³/mol. The molecule has 5 heteroatoms. The van der Waals surface area contributed by atoms with E-state index in [0.717, 1.165) is 16.8 Å². The lowest BCUT2D eigenvalue weighted by Crippen LogP contribution is -2.18. The summed E-state index contributed by atoms with van der Waals surface area (Å²) < 4.78 is 1.91. The lowest BCUT2D eigenvalue weighted by Gasteiger charge is -2.04. The van der Waals surface area contributed by atoms with Gasteiger partial charge < -0.3 is 4.57 Å². The molecule has 4 nitrogen and oxygen atoms in total. The third-order valence-corrected chi connectivity index (χ3v) is 4.19. The summed E-state index contributed by atoms with van der Waals surface area (Å²) in [4.78, 5) is 12.9. The summed E-state index contributed by atoms with van der Waals surface area (Å²) in [6, 6.07) is 13.7. The molecule has 0 radical (unpaired) electrons. The molecule has 0 unspecified atom stereocenters. The van der Waals surface area contributed by atoms with Gasteiger partial charge in [0, 0.05) is 12.4 Å². The maximum atomic E-state index is 12.3. The van der Waals surface area contributed by atoms with E-state index in [-0.39, 0.29) is 5.91 Å². The number of benzene rings is 1. The van der Waals surface area contributed by atoms with Gasteiger partial charge in [-0.2, -0.15) is 5.10 Å². The molecule has 0 bridgehead atoms. The first-order valence-electron chi connectivity index (χ1n) is 6.85. The molecule has 22 heavy (non-hydrogen) atoms. The van der Waals surface area contributed by atoms with Crippen LogP contribution in [0.1, 0.15) is 20.8 Å². The number of hydrogen-bond acceptors (Lipinski definition) is 3. The zero-order valence-corrected chi connectivity index (χ0v) is 12.9. The van der Waals surface area contributed by atoms with Crippen molar-refractivity contribution < 1.29 is 4.79 Å². The summed E-state index contributed by atoms with van der Waals surface area (Å²) in [5.41, 5.74) is 5.55. The summed E-state index contributed by atoms with van der Waals surface area (Å²) in [6.45, 7) is 2.01. The SMILES string of the molecule is Cc1ccccc1/C=N\NC(=O)c1sccc1-n1cccc1. The number of carbonyl (C=O) groups is 1. The van der Waals surface area contributed by atoms with Crippen molar-refractivity contribution in [1.82, 2.24) is 9.99 Å². The number of hydrogen-bond donors (Lipinski definition) is 1. The number of nitrogens with one attached hydrogen (secondary N) is 1. The van der Waals surface area contributed by atoms with E-state index in [4.69, 9.17) is 0 Å². The Balaban J connectivity index is 1.74. The molecule has 1 amide bonds. The van der Waals surface area contributed by atoms with Crippen LogP contribution >= 0.6 is 11.3 Å². The number of nitrogens with zero attached hydrogens (tertiary/aromatic N) is 2. The Labute approximate surface area is 132 Å². The first kappa shape index (κ1) is 14.3. The van der Waals surface area contributed by atoms with Crippen molar-refractivity contribution in [3.05, 3.63) is 76.2 Å². The zero-order valence-electron chi connectivity index (χ0n) is 12.1. The van der Waals surface area contributed by atoms with Crippen LogP contribution in [0.25, 0.3) is 5.69 Å². The first-order valence-corrected chi connectivity index (χ1v) is 7.73. The van der Waals surface area contributed by atoms with E-state index in [1.165, 1.54) is 11.3 Å². The van der Waals surface area contributed by atoms with Gasteiger partial charge in [-0.05, 0) is 41.6 Å². The van der Waals surface area contributed by atoms with Gasteiger partial charge in [0.25, 0.3) is 5.91 Å². The summed E-state index contributed by atoms with van der Waals surface area (Å²) >= 11 is 1.40. The molecular formula is C17H15N3OS. The van der Waals surface area contributed by atoms with Crippen molar-refractivity contribution in [2.24, 2.45) is 5.10 Å². The zero-order chi connectivity index (χ0) is 15.4. The highest BCUT2D eigenvalue weighted by Gasteiger charge is 2.13. The van der Waals surface area contributed by atoms with Gasteiger partial charge in [0.1, 0.15) is 4.88 Å². The predicted octanol–water partition coefficient (Wildman–Crippen LogP) is 3.61. The minimum atomic E-state index is -0.205. The second-order valence-corrected chi connectivity index (χ2v) is 5.70. The number of rotatable bonds is 4. The van der Waals surface area contributed by atoms with Crippen LogP contribution in [-0.4, -0.2) is 16.7 Å². The van der Waals surface area contributed by atoms with E-state index < -0.39 is 0 Å². The highest BCUT2D eigenvalue weighted by Crippen LogP contribution is 2.21. The maximum absolute atomic E-state index is 12.3. The smallest absolute Gasteiger partial charge is 0.283 e. The molecule has 110 valence electrons. The monoisotopic (exact) mass is 309 g/mol. The molecule has 0 saturated heterocycles. The second-order valence-electron chi connectivity index (χ2n) is 4.78. The topological polar surface area (TPSA) is 46.4 Å². The van der Waals surface area contributed by atoms with Crippen molar-refractivity contribution >= 4 is 23.5 Å². The lowest BCUT2D eigenvalue weighted by atomic mass is 10.1. The number of hydrazone groups is 1. The standard InChI is InChI=1S/C17H15N3OS/c1-13-6-2-3-7-14(13)12-18-19-17(21)16-15(8-11-22-16)20-9-4-5-10-20/h2-12H,1H3,(H,19,21)/b18-12-. The van der Waals surface area contributed by atoms with Gasteiger partial charge >= 0.3 is 0 Å². The summed E-state index contributed by atoms with van der Waals surface area (Å²) in [5, 5.41) is 5.95. The van der Waals surface area contributed by atoms with Gasteiger partial charge in [0.05, 0.1) is 11.9 Å². The largest absolute Gasteiger partial charge is 0.322 e. The van der Waals surface area contributed by atoms with Gasteiger partial charge in [-0.15, -0.1) is 11.3 Å². The van der Waals surface area contributed by atoms with Crippen LogP contribution in [-0.2, 0) is 0 Å². The number of amides is 1. The minimum Gasteiger partial charge on any atom is -0.322 e. The van der Waals surface area contributed by atoms with Gasteiger partial charge in [0.2, 0.25) is 0 Å². The van der Waals surface area contributed by atoms with E-state index in [1.54, 1.807) is 6.21 Å². The Kier molecular flexibility index (Phi) is 4.16. The second kappa shape index (κ2) is 6.41. The highest BCUT2D eigenvalue weighted by molar-refractivity contribution is 7.12. The fraction of sp³-hybridized carbons (Fsp3) is 0.0588. The van der Waals surface area contributed by atoms with E-state index >= 15 is 0 Å². The lowest BCUT2D eigenvalue weighted by molar-refractivity contribution is 0.0959. The Hall–Kier alpha value is -2.66. The van der Waals surface area contributed by atoms with Gasteiger partial charge in [0.15, 0.2) is 0 Å². The molecule has 0 aliphatic rings. The first-order chi connectivity index (χ1) is 10.8. The molecule has 2 heterocycles. The van der Waals surface area contributed by atoms with Crippen molar-refractivity contribution in [3.63, 3.8) is 0 Å². The van der Waals surface area contributed by atoms with Crippen LogP contribution in [0.2, 0.25) is 0 Å². The van der Waals surface area contributed by atoms with Crippen molar-refractivity contribution in [1.29, 1.82) is 0 Å². The number of aromatic nitrogens is 1. The molecule has 0 aliphatic heterocycles. The molecule has 1 aromatic carbocycles. The Bertz CT molecular complexity index is 803. The highest BCUT2D eigenvalue weighted by atomic mass is 32.1. The van der Waals surface area contributed by atoms with Crippen LogP contribution in [0.5, 0.6) is 0 Å². The molecule has 2 aromatic heterocycles. The van der Waals surface area contributed by atoms with E-state index in [2.05, 4.69) is 10.5 Å². The molecule has 3 aromatic rings. The van der Waals surface area contributed by atoms with Crippen LogP contribution in [0.15, 0.2) is 65.3 Å². The third-order valence-electron chi connectivity index (χ3n) is 3.29. The van der Waals surface area contributed by atoms with E-state index in [0.29, 0.717) is 4.88 Å². The quantitative estimate of drug-likeness (QED) is 0.581. The normalized spacial score (nSPS) is 11.0. The fourth-order valence-corrected chi connectivity index (χ4v) is 2.89. The molecule has 0 atom stereocenters. The van der Waals surface area contributed by atoms with Crippen molar-refractivity contribution in [2.75, 3.05) is 0 Å². The average Bonchev–Trinajstić information content (AvgIpc) is 3.19. The summed E-state index contributed by atoms with van der Waals surface area (Å²) in [5.74, 6) is -0.205. The summed E-state index contributed by atoms with van der Waals surface area (Å²) in [7, 11) is 0. The van der Waals surface area contributed by atoms with Gasteiger partial charge in [-0.3, -0.25) is 4.79 Å². The fourth-order valence-electron chi connectivity index (χ4n) is 2.11.